The number of carbonyl (C=O) groups is 1. The highest BCUT2D eigenvalue weighted by atomic mass is 35.5. The van der Waals surface area contributed by atoms with Gasteiger partial charge in [-0.2, -0.15) is 9.30 Å². The van der Waals surface area contributed by atoms with Crippen molar-refractivity contribution >= 4 is 72.3 Å². The Morgan fingerprint density at radius 2 is 1.77 bits per heavy atom. The minimum Gasteiger partial charge on any atom is -0.318 e. The van der Waals surface area contributed by atoms with E-state index in [1.807, 2.05) is 0 Å². The second kappa shape index (κ2) is 8.26. The lowest BCUT2D eigenvalue weighted by Gasteiger charge is -2.21. The average Bonchev–Trinajstić information content (AvgIpc) is 3.32. The van der Waals surface area contributed by atoms with E-state index in [-0.39, 0.29) is 11.4 Å². The molecule has 1 aromatic heterocycles. The first kappa shape index (κ1) is 21.8. The Hall–Kier alpha value is -1.42. The third-order valence-electron chi connectivity index (χ3n) is 4.96. The molecule has 1 atom stereocenters. The van der Waals surface area contributed by atoms with Gasteiger partial charge in [-0.15, -0.1) is 0 Å². The first-order valence-corrected chi connectivity index (χ1v) is 12.4. The van der Waals surface area contributed by atoms with Gasteiger partial charge in [-0.3, -0.25) is 4.79 Å². The van der Waals surface area contributed by atoms with Crippen molar-refractivity contribution in [3.05, 3.63) is 56.3 Å². The lowest BCUT2D eigenvalue weighted by molar-refractivity contribution is -0.121. The summed E-state index contributed by atoms with van der Waals surface area (Å²) in [5.41, 5.74) is 0.679. The van der Waals surface area contributed by atoms with Gasteiger partial charge >= 0.3 is 0 Å². The fraction of sp³-hybridized carbons (Fsp3) is 0.263. The van der Waals surface area contributed by atoms with Gasteiger partial charge in [0.2, 0.25) is 10.0 Å². The van der Waals surface area contributed by atoms with Crippen LogP contribution in [0.1, 0.15) is 12.8 Å². The second-order valence-electron chi connectivity index (χ2n) is 6.83. The van der Waals surface area contributed by atoms with Crippen LogP contribution in [-0.2, 0) is 21.9 Å². The summed E-state index contributed by atoms with van der Waals surface area (Å²) in [5, 5.41) is 1.44. The molecule has 0 radical (unpaired) electrons. The number of fused-ring (bicyclic) bond motifs is 1. The lowest BCUT2D eigenvalue weighted by atomic mass is 10.2. The normalized spacial score (nSPS) is 18.4. The maximum Gasteiger partial charge on any atom is 0.266 e. The largest absolute Gasteiger partial charge is 0.318 e. The van der Waals surface area contributed by atoms with E-state index in [0.717, 1.165) is 4.70 Å². The number of thiazole rings is 1. The fourth-order valence-electron chi connectivity index (χ4n) is 3.47. The molecule has 1 fully saturated rings. The van der Waals surface area contributed by atoms with E-state index in [9.17, 15) is 13.2 Å². The molecule has 30 heavy (non-hydrogen) atoms. The Morgan fingerprint density at radius 1 is 1.10 bits per heavy atom. The summed E-state index contributed by atoms with van der Waals surface area (Å²) in [4.78, 5) is 17.7. The van der Waals surface area contributed by atoms with Crippen molar-refractivity contribution in [3.8, 4) is 0 Å². The molecule has 1 amide bonds. The van der Waals surface area contributed by atoms with Crippen LogP contribution in [0.25, 0.3) is 10.2 Å². The highest BCUT2D eigenvalue weighted by Gasteiger charge is 2.39. The van der Waals surface area contributed by atoms with Gasteiger partial charge in [0, 0.05) is 18.6 Å². The molecule has 0 bridgehead atoms. The summed E-state index contributed by atoms with van der Waals surface area (Å²) < 4.78 is 29.8. The zero-order valence-electron chi connectivity index (χ0n) is 15.7. The van der Waals surface area contributed by atoms with Gasteiger partial charge in [-0.1, -0.05) is 46.1 Å². The maximum atomic E-state index is 13.1. The monoisotopic (exact) mass is 503 g/mol. The molecule has 2 aromatic carbocycles. The third kappa shape index (κ3) is 3.81. The van der Waals surface area contributed by atoms with E-state index in [0.29, 0.717) is 38.2 Å². The van der Waals surface area contributed by atoms with Gasteiger partial charge in [-0.05, 0) is 49.2 Å². The molecule has 6 nitrogen and oxygen atoms in total. The fourth-order valence-corrected chi connectivity index (χ4v) is 6.91. The van der Waals surface area contributed by atoms with E-state index >= 15 is 0 Å². The number of rotatable bonds is 3. The summed E-state index contributed by atoms with van der Waals surface area (Å²) in [5.74, 6) is -0.514. The molecule has 4 rings (SSSR count). The Morgan fingerprint density at radius 3 is 2.43 bits per heavy atom. The van der Waals surface area contributed by atoms with Crippen molar-refractivity contribution in [2.75, 3.05) is 6.54 Å². The second-order valence-corrected chi connectivity index (χ2v) is 10.9. The first-order valence-electron chi connectivity index (χ1n) is 8.99. The first-order chi connectivity index (χ1) is 14.2. The molecule has 0 N–H and O–H groups in total. The van der Waals surface area contributed by atoms with Gasteiger partial charge < -0.3 is 4.57 Å². The number of hydrogen-bond acceptors (Lipinski definition) is 4. The van der Waals surface area contributed by atoms with Crippen LogP contribution in [0.2, 0.25) is 15.1 Å². The highest BCUT2D eigenvalue weighted by Crippen LogP contribution is 2.32. The maximum absolute atomic E-state index is 13.1. The molecule has 2 heterocycles. The van der Waals surface area contributed by atoms with E-state index in [4.69, 9.17) is 34.8 Å². The van der Waals surface area contributed by atoms with Gasteiger partial charge in [-0.25, -0.2) is 8.42 Å². The van der Waals surface area contributed by atoms with Gasteiger partial charge in [0.15, 0.2) is 4.80 Å². The molecule has 0 aliphatic carbocycles. The molecule has 1 unspecified atom stereocenters. The molecular formula is C19H16Cl3N3O3S2. The molecule has 1 aliphatic rings. The van der Waals surface area contributed by atoms with Crippen LogP contribution in [0.3, 0.4) is 0 Å². The average molecular weight is 505 g/mol. The number of carbonyl (C=O) groups excluding carboxylic acids is 1. The highest BCUT2D eigenvalue weighted by molar-refractivity contribution is 7.89. The van der Waals surface area contributed by atoms with E-state index in [1.54, 1.807) is 23.7 Å². The van der Waals surface area contributed by atoms with Crippen LogP contribution in [0.15, 0.2) is 46.3 Å². The zero-order chi connectivity index (χ0) is 21.6. The number of aryl methyl sites for hydroxylation is 1. The predicted octanol–water partition coefficient (Wildman–Crippen LogP) is 4.48. The third-order valence-corrected chi connectivity index (χ3v) is 9.04. The van der Waals surface area contributed by atoms with Crippen LogP contribution in [-0.4, -0.2) is 35.8 Å². The van der Waals surface area contributed by atoms with Crippen molar-refractivity contribution in [2.45, 2.75) is 23.8 Å². The van der Waals surface area contributed by atoms with Crippen molar-refractivity contribution < 1.29 is 13.2 Å². The molecule has 1 aliphatic heterocycles. The van der Waals surface area contributed by atoms with Gasteiger partial charge in [0.05, 0.1) is 25.2 Å². The number of aromatic nitrogens is 1. The Kier molecular flexibility index (Phi) is 6.00. The topological polar surface area (TPSA) is 71.7 Å². The van der Waals surface area contributed by atoms with E-state index < -0.39 is 22.0 Å². The van der Waals surface area contributed by atoms with E-state index in [1.165, 1.54) is 39.9 Å². The van der Waals surface area contributed by atoms with Gasteiger partial charge in [0.1, 0.15) is 6.04 Å². The Bertz CT molecular complexity index is 1310. The minimum absolute atomic E-state index is 0.0950. The van der Waals surface area contributed by atoms with E-state index in [2.05, 4.69) is 4.99 Å². The Labute approximate surface area is 192 Å². The molecule has 3 aromatic rings. The minimum atomic E-state index is -3.84. The number of hydrogen-bond donors (Lipinski definition) is 0. The lowest BCUT2D eigenvalue weighted by Crippen LogP contribution is -2.40. The van der Waals surface area contributed by atoms with Crippen LogP contribution in [0, 0.1) is 0 Å². The zero-order valence-corrected chi connectivity index (χ0v) is 19.6. The molecule has 0 saturated carbocycles. The molecule has 0 spiro atoms. The predicted molar refractivity (Wildman–Crippen MR) is 120 cm³/mol. The number of nitrogens with zero attached hydrogens (tertiary/aromatic N) is 3. The summed E-state index contributed by atoms with van der Waals surface area (Å²) in [7, 11) is -2.10. The van der Waals surface area contributed by atoms with Crippen molar-refractivity contribution in [3.63, 3.8) is 0 Å². The molecule has 1 saturated heterocycles. The summed E-state index contributed by atoms with van der Waals surface area (Å²) in [6, 6.07) is 8.40. The summed E-state index contributed by atoms with van der Waals surface area (Å²) >= 11 is 19.6. The van der Waals surface area contributed by atoms with Crippen LogP contribution >= 0.6 is 46.1 Å². The Balaban J connectivity index is 1.72. The molecular weight excluding hydrogens is 489 g/mol. The smallest absolute Gasteiger partial charge is 0.266 e. The van der Waals surface area contributed by atoms with Crippen LogP contribution in [0.4, 0.5) is 0 Å². The quantitative estimate of drug-likeness (QED) is 0.528. The van der Waals surface area contributed by atoms with Crippen LogP contribution < -0.4 is 4.80 Å². The summed E-state index contributed by atoms with van der Waals surface area (Å²) in [6.07, 6.45) is 0.986. The number of sulfonamides is 1. The van der Waals surface area contributed by atoms with Gasteiger partial charge in [0.25, 0.3) is 5.91 Å². The summed E-state index contributed by atoms with van der Waals surface area (Å²) in [6.45, 7) is 0.257. The van der Waals surface area contributed by atoms with Crippen molar-refractivity contribution in [1.29, 1.82) is 0 Å². The number of halogens is 3. The molecule has 158 valence electrons. The SMILES string of the molecule is Cn1c(=NC(=O)C2CCCN2S(=O)(=O)c2ccc(Cl)cc2)sc2c(Cl)ccc(Cl)c21. The van der Waals surface area contributed by atoms with Crippen molar-refractivity contribution in [2.24, 2.45) is 12.0 Å². The number of benzene rings is 2. The standard InChI is InChI=1S/C19H16Cl3N3O3S2/c1-24-16-13(21)8-9-14(22)17(16)29-19(24)23-18(26)15-3-2-10-25(15)30(27,28)12-6-4-11(20)5-7-12/h4-9,15H,2-3,10H2,1H3. The number of amides is 1. The van der Waals surface area contributed by atoms with Crippen molar-refractivity contribution in [1.82, 2.24) is 8.87 Å². The molecule has 11 heteroatoms. The van der Waals surface area contributed by atoms with Crippen LogP contribution in [0.5, 0.6) is 0 Å².